The fourth-order valence-corrected chi connectivity index (χ4v) is 13.7. The summed E-state index contributed by atoms with van der Waals surface area (Å²) >= 11 is 0. The first-order chi connectivity index (χ1) is 29.2. The van der Waals surface area contributed by atoms with Crippen LogP contribution in [0.15, 0.2) is 164 Å². The van der Waals surface area contributed by atoms with Crippen LogP contribution in [0.25, 0.3) is 44.5 Å². The van der Waals surface area contributed by atoms with Gasteiger partial charge in [-0.2, -0.15) is 0 Å². The van der Waals surface area contributed by atoms with E-state index < -0.39 is 0 Å². The van der Waals surface area contributed by atoms with Crippen molar-refractivity contribution in [2.24, 2.45) is 17.8 Å². The van der Waals surface area contributed by atoms with Gasteiger partial charge in [0.05, 0.1) is 11.4 Å². The minimum atomic E-state index is 0.0637. The van der Waals surface area contributed by atoms with Gasteiger partial charge >= 0.3 is 0 Å². The van der Waals surface area contributed by atoms with Crippen molar-refractivity contribution in [2.75, 3.05) is 4.90 Å². The van der Waals surface area contributed by atoms with Gasteiger partial charge in [-0.1, -0.05) is 179 Å². The molecule has 0 amide bonds. The smallest absolute Gasteiger partial charge is 0.0543 e. The maximum absolute atomic E-state index is 2.67. The second-order valence-electron chi connectivity index (χ2n) is 18.5. The molecular weight excluding hydrogens is 711 g/mol. The van der Waals surface area contributed by atoms with E-state index in [0.29, 0.717) is 11.8 Å². The van der Waals surface area contributed by atoms with Crippen LogP contribution < -0.4 is 4.90 Å². The first-order valence-electron chi connectivity index (χ1n) is 22.7. The third-order valence-corrected chi connectivity index (χ3v) is 16.0. The molecule has 2 bridgehead atoms. The van der Waals surface area contributed by atoms with Crippen LogP contribution in [0.1, 0.15) is 93.4 Å². The Balaban J connectivity index is 1.07. The highest BCUT2D eigenvalue weighted by Crippen LogP contribution is 2.67. The van der Waals surface area contributed by atoms with Gasteiger partial charge in [-0.15, -0.1) is 0 Å². The summed E-state index contributed by atoms with van der Waals surface area (Å²) in [6, 6.07) is 63.0. The van der Waals surface area contributed by atoms with Crippen LogP contribution in [-0.4, -0.2) is 0 Å². The van der Waals surface area contributed by atoms with Crippen molar-refractivity contribution in [3.63, 3.8) is 0 Å². The molecule has 0 aliphatic heterocycles. The van der Waals surface area contributed by atoms with Crippen LogP contribution in [0.4, 0.5) is 17.1 Å². The molecule has 0 heterocycles. The van der Waals surface area contributed by atoms with Crippen molar-refractivity contribution in [3.8, 4) is 44.5 Å². The molecule has 59 heavy (non-hydrogen) atoms. The zero-order chi connectivity index (χ0) is 39.1. The first kappa shape index (κ1) is 35.3. The lowest BCUT2D eigenvalue weighted by Crippen LogP contribution is -2.48. The molecule has 5 aliphatic carbocycles. The van der Waals surface area contributed by atoms with Gasteiger partial charge in [0.25, 0.3) is 0 Å². The van der Waals surface area contributed by atoms with Gasteiger partial charge in [0.2, 0.25) is 0 Å². The van der Waals surface area contributed by atoms with Gasteiger partial charge < -0.3 is 4.90 Å². The minimum Gasteiger partial charge on any atom is -0.309 e. The summed E-state index contributed by atoms with van der Waals surface area (Å²) < 4.78 is 0. The summed E-state index contributed by atoms with van der Waals surface area (Å²) in [6.45, 7) is 2.48. The Hall–Kier alpha value is -5.66. The number of benzene rings is 7. The van der Waals surface area contributed by atoms with Crippen molar-refractivity contribution in [3.05, 3.63) is 186 Å². The third kappa shape index (κ3) is 5.10. The zero-order valence-corrected chi connectivity index (χ0v) is 34.3. The Morgan fingerprint density at radius 2 is 1.02 bits per heavy atom. The summed E-state index contributed by atoms with van der Waals surface area (Å²) in [6.07, 6.45) is 13.1. The lowest BCUT2D eigenvalue weighted by Gasteiger charge is -2.54. The maximum atomic E-state index is 2.67. The van der Waals surface area contributed by atoms with Crippen molar-refractivity contribution < 1.29 is 0 Å². The predicted molar refractivity (Wildman–Crippen MR) is 247 cm³/mol. The molecule has 290 valence electrons. The van der Waals surface area contributed by atoms with Crippen molar-refractivity contribution in [1.29, 1.82) is 0 Å². The standard InChI is InChI=1S/C58H53N/c1-2-44-37-39-15-12-18-45(38-39)58(44)50-22-9-7-20-48(50)56-52(58)24-14-26-54(56)59(46-33-31-43(32-34-46)42-29-27-41(28-30-42)40-16-4-3-5-17-40)53-25-13-23-51-55(53)47-19-6-8-21-49(47)57(51)35-10-11-36-57/h3-9,13-14,16-17,19-34,39,44-45H,2,10-12,15,18,35-38H2,1H3. The molecule has 7 aromatic carbocycles. The Morgan fingerprint density at radius 1 is 0.475 bits per heavy atom. The van der Waals surface area contributed by atoms with E-state index in [9.17, 15) is 0 Å². The van der Waals surface area contributed by atoms with Crippen LogP contribution in [-0.2, 0) is 10.8 Å². The highest BCUT2D eigenvalue weighted by molar-refractivity contribution is 6.00. The number of hydrogen-bond acceptors (Lipinski definition) is 1. The van der Waals surface area contributed by atoms with E-state index in [1.54, 1.807) is 11.1 Å². The Bertz CT molecular complexity index is 2690. The first-order valence-corrected chi connectivity index (χ1v) is 22.7. The van der Waals surface area contributed by atoms with E-state index in [4.69, 9.17) is 0 Å². The summed E-state index contributed by atoms with van der Waals surface area (Å²) in [4.78, 5) is 2.67. The number of hydrogen-bond donors (Lipinski definition) is 0. The summed E-state index contributed by atoms with van der Waals surface area (Å²) in [5, 5.41) is 0. The molecule has 4 unspecified atom stereocenters. The Kier molecular flexibility index (Phi) is 8.20. The number of nitrogens with zero attached hydrogens (tertiary/aromatic N) is 1. The molecule has 3 saturated carbocycles. The second-order valence-corrected chi connectivity index (χ2v) is 18.5. The monoisotopic (exact) mass is 763 g/mol. The Labute approximate surface area is 350 Å². The summed E-state index contributed by atoms with van der Waals surface area (Å²) in [5.41, 5.74) is 21.0. The van der Waals surface area contributed by atoms with Gasteiger partial charge in [0, 0.05) is 27.6 Å². The van der Waals surface area contributed by atoms with E-state index in [-0.39, 0.29) is 10.8 Å². The van der Waals surface area contributed by atoms with E-state index >= 15 is 0 Å². The van der Waals surface area contributed by atoms with Crippen LogP contribution in [0.3, 0.4) is 0 Å². The van der Waals surface area contributed by atoms with Gasteiger partial charge in [0.1, 0.15) is 0 Å². The molecule has 7 aromatic rings. The van der Waals surface area contributed by atoms with Crippen LogP contribution in [0.2, 0.25) is 0 Å². The lowest BCUT2D eigenvalue weighted by molar-refractivity contribution is 0.0557. The third-order valence-electron chi connectivity index (χ3n) is 16.0. The van der Waals surface area contributed by atoms with E-state index in [1.807, 2.05) is 0 Å². The molecule has 3 fully saturated rings. The molecule has 5 aliphatic rings. The highest BCUT2D eigenvalue weighted by atomic mass is 15.1. The number of anilines is 3. The molecule has 1 heteroatoms. The SMILES string of the molecule is CCC1CC2CCCC(C2)C12c1ccccc1-c1c(N(c3ccc(-c4ccc(-c5ccccc5)cc4)cc3)c3cccc4c3-c3ccccc3C43CCCC3)cccc12. The van der Waals surface area contributed by atoms with E-state index in [2.05, 4.69) is 176 Å². The molecular formula is C58H53N. The maximum Gasteiger partial charge on any atom is 0.0543 e. The summed E-state index contributed by atoms with van der Waals surface area (Å²) in [7, 11) is 0. The second kappa shape index (κ2) is 13.7. The summed E-state index contributed by atoms with van der Waals surface area (Å²) in [5.74, 6) is 2.22. The number of rotatable bonds is 6. The van der Waals surface area contributed by atoms with Gasteiger partial charge in [-0.3, -0.25) is 0 Å². The molecule has 4 atom stereocenters. The van der Waals surface area contributed by atoms with Crippen molar-refractivity contribution in [1.82, 2.24) is 0 Å². The van der Waals surface area contributed by atoms with Crippen LogP contribution >= 0.6 is 0 Å². The van der Waals surface area contributed by atoms with Gasteiger partial charge in [0.15, 0.2) is 0 Å². The normalized spacial score (nSPS) is 22.8. The fraction of sp³-hybridized carbons (Fsp3) is 0.276. The van der Waals surface area contributed by atoms with Crippen molar-refractivity contribution in [2.45, 2.75) is 82.0 Å². The lowest BCUT2D eigenvalue weighted by atomic mass is 9.50. The molecule has 0 aromatic heterocycles. The molecule has 0 saturated heterocycles. The molecule has 1 nitrogen and oxygen atoms in total. The molecule has 2 spiro atoms. The number of fused-ring (bicyclic) bond motifs is 13. The van der Waals surface area contributed by atoms with Crippen LogP contribution in [0, 0.1) is 17.8 Å². The largest absolute Gasteiger partial charge is 0.309 e. The quantitative estimate of drug-likeness (QED) is 0.163. The molecule has 0 N–H and O–H groups in total. The molecule has 0 radical (unpaired) electrons. The van der Waals surface area contributed by atoms with E-state index in [1.165, 1.54) is 137 Å². The van der Waals surface area contributed by atoms with Gasteiger partial charge in [-0.05, 0) is 130 Å². The minimum absolute atomic E-state index is 0.0637. The highest BCUT2D eigenvalue weighted by Gasteiger charge is 2.57. The van der Waals surface area contributed by atoms with Gasteiger partial charge in [-0.25, -0.2) is 0 Å². The zero-order valence-electron chi connectivity index (χ0n) is 34.3. The molecule has 12 rings (SSSR count). The average molecular weight is 764 g/mol. The van der Waals surface area contributed by atoms with E-state index in [0.717, 1.165) is 5.92 Å². The fourth-order valence-electron chi connectivity index (χ4n) is 13.7. The Morgan fingerprint density at radius 3 is 1.69 bits per heavy atom. The topological polar surface area (TPSA) is 3.24 Å². The average Bonchev–Trinajstić information content (AvgIpc) is 3.99. The van der Waals surface area contributed by atoms with Crippen molar-refractivity contribution >= 4 is 17.1 Å². The van der Waals surface area contributed by atoms with Crippen LogP contribution in [0.5, 0.6) is 0 Å². The predicted octanol–water partition coefficient (Wildman–Crippen LogP) is 15.8.